The lowest BCUT2D eigenvalue weighted by Crippen LogP contribution is -2.37. The number of carbonyl (C=O) groups is 2. The molecule has 0 spiro atoms. The Hall–Kier alpha value is -1.77. The molecule has 2 atom stereocenters. The molecule has 0 bridgehead atoms. The Labute approximate surface area is 344 Å². The number of allylic oxidation sites excluding steroid dienone is 6. The summed E-state index contributed by atoms with van der Waals surface area (Å²) in [6, 6.07) is 0. The second-order valence-electron chi connectivity index (χ2n) is 16.4. The molecule has 0 saturated carbocycles. The Morgan fingerprint density at radius 1 is 0.554 bits per heavy atom. The molecule has 0 rings (SSSR count). The van der Waals surface area contributed by atoms with Crippen molar-refractivity contribution in [2.75, 3.05) is 47.5 Å². The number of phosphoric acid groups is 1. The summed E-state index contributed by atoms with van der Waals surface area (Å²) in [6.45, 7) is 4.18. The highest BCUT2D eigenvalue weighted by Gasteiger charge is 2.21. The number of hydrogen-bond donors (Lipinski definition) is 0. The number of unbranched alkanes of at least 4 members (excludes halogenated alkanes) is 21. The lowest BCUT2D eigenvalue weighted by molar-refractivity contribution is -0.870. The van der Waals surface area contributed by atoms with Gasteiger partial charge in [0.15, 0.2) is 6.10 Å². The van der Waals surface area contributed by atoms with E-state index in [1.54, 1.807) is 0 Å². The number of nitrogens with zero attached hydrogens (tertiary/aromatic N) is 1. The smallest absolute Gasteiger partial charge is 0.306 e. The van der Waals surface area contributed by atoms with Gasteiger partial charge in [-0.25, -0.2) is 0 Å². The van der Waals surface area contributed by atoms with Gasteiger partial charge < -0.3 is 27.9 Å². The van der Waals surface area contributed by atoms with Gasteiger partial charge in [0.05, 0.1) is 27.7 Å². The molecule has 328 valence electrons. The molecular weight excluding hydrogens is 725 g/mol. The van der Waals surface area contributed by atoms with Crippen molar-refractivity contribution in [3.8, 4) is 0 Å². The first-order valence-electron chi connectivity index (χ1n) is 22.7. The van der Waals surface area contributed by atoms with Crippen molar-refractivity contribution in [3.05, 3.63) is 36.5 Å². The van der Waals surface area contributed by atoms with Crippen molar-refractivity contribution in [2.45, 2.75) is 200 Å². The fraction of sp³-hybridized carbons (Fsp3) is 0.826. The van der Waals surface area contributed by atoms with Crippen LogP contribution in [0, 0.1) is 0 Å². The van der Waals surface area contributed by atoms with Crippen LogP contribution in [0.2, 0.25) is 0 Å². The normalized spacial score (nSPS) is 13.9. The van der Waals surface area contributed by atoms with E-state index in [-0.39, 0.29) is 26.1 Å². The molecule has 0 fully saturated rings. The van der Waals surface area contributed by atoms with Gasteiger partial charge in [-0.15, -0.1) is 0 Å². The van der Waals surface area contributed by atoms with Gasteiger partial charge in [0.2, 0.25) is 0 Å². The lowest BCUT2D eigenvalue weighted by Gasteiger charge is -2.28. The highest BCUT2D eigenvalue weighted by atomic mass is 31.2. The van der Waals surface area contributed by atoms with E-state index in [4.69, 9.17) is 18.5 Å². The number of likely N-dealkylation sites (N-methyl/N-ethyl adjacent to an activating group) is 1. The van der Waals surface area contributed by atoms with Crippen molar-refractivity contribution in [1.29, 1.82) is 0 Å². The predicted octanol–water partition coefficient (Wildman–Crippen LogP) is 12.3. The van der Waals surface area contributed by atoms with Crippen LogP contribution < -0.4 is 4.89 Å². The second kappa shape index (κ2) is 38.7. The molecule has 0 heterocycles. The Balaban J connectivity index is 4.37. The van der Waals surface area contributed by atoms with Gasteiger partial charge in [-0.2, -0.15) is 0 Å². The Bertz CT molecular complexity index is 1050. The molecule has 0 aromatic heterocycles. The van der Waals surface area contributed by atoms with E-state index in [9.17, 15) is 19.0 Å². The quantitative estimate of drug-likeness (QED) is 0.0197. The Morgan fingerprint density at radius 3 is 1.48 bits per heavy atom. The van der Waals surface area contributed by atoms with Crippen molar-refractivity contribution < 1.29 is 42.1 Å². The molecule has 0 aromatic rings. The van der Waals surface area contributed by atoms with E-state index in [1.165, 1.54) is 96.3 Å². The third kappa shape index (κ3) is 41.9. The summed E-state index contributed by atoms with van der Waals surface area (Å²) in [5, 5.41) is 0. The number of ether oxygens (including phenoxy) is 2. The monoisotopic (exact) mass is 812 g/mol. The van der Waals surface area contributed by atoms with Crippen LogP contribution in [0.15, 0.2) is 36.5 Å². The predicted molar refractivity (Wildman–Crippen MR) is 231 cm³/mol. The van der Waals surface area contributed by atoms with Gasteiger partial charge >= 0.3 is 11.9 Å². The molecule has 0 aliphatic rings. The minimum Gasteiger partial charge on any atom is -0.756 e. The first-order valence-corrected chi connectivity index (χ1v) is 24.2. The number of carbonyl (C=O) groups excluding carboxylic acids is 2. The minimum atomic E-state index is -4.63. The molecule has 0 radical (unpaired) electrons. The molecular formula is C46H86NO8P. The molecule has 0 aliphatic carbocycles. The molecule has 56 heavy (non-hydrogen) atoms. The molecule has 0 saturated heterocycles. The van der Waals surface area contributed by atoms with E-state index in [0.29, 0.717) is 17.4 Å². The third-order valence-corrected chi connectivity index (χ3v) is 10.6. The average molecular weight is 812 g/mol. The number of rotatable bonds is 41. The maximum absolute atomic E-state index is 12.7. The van der Waals surface area contributed by atoms with E-state index in [1.807, 2.05) is 21.1 Å². The van der Waals surface area contributed by atoms with Crippen molar-refractivity contribution in [3.63, 3.8) is 0 Å². The first kappa shape index (κ1) is 54.2. The van der Waals surface area contributed by atoms with Gasteiger partial charge in [0, 0.05) is 12.8 Å². The van der Waals surface area contributed by atoms with Gasteiger partial charge in [0.1, 0.15) is 19.8 Å². The summed E-state index contributed by atoms with van der Waals surface area (Å²) < 4.78 is 33.9. The SMILES string of the molecule is CCCCC/C=C/C/C=C/CCCCCCCCCC(=O)OC[C@H](COP(=O)([O-])OCC[N+](C)(C)C)OC(=O)CCCCC/C=C/CCCCCCCCCC. The average Bonchev–Trinajstić information content (AvgIpc) is 3.15. The van der Waals surface area contributed by atoms with Gasteiger partial charge in [-0.1, -0.05) is 147 Å². The number of esters is 2. The zero-order valence-corrected chi connectivity index (χ0v) is 37.7. The van der Waals surface area contributed by atoms with Crippen LogP contribution in [0.1, 0.15) is 194 Å². The minimum absolute atomic E-state index is 0.0349. The van der Waals surface area contributed by atoms with Crippen molar-refractivity contribution >= 4 is 19.8 Å². The summed E-state index contributed by atoms with van der Waals surface area (Å²) in [6.07, 6.45) is 43.1. The lowest BCUT2D eigenvalue weighted by atomic mass is 10.1. The molecule has 0 amide bonds. The molecule has 9 nitrogen and oxygen atoms in total. The van der Waals surface area contributed by atoms with Crippen LogP contribution in [-0.4, -0.2) is 70.0 Å². The van der Waals surface area contributed by atoms with Crippen LogP contribution in [-0.2, 0) is 32.7 Å². The number of phosphoric ester groups is 1. The van der Waals surface area contributed by atoms with E-state index in [0.717, 1.165) is 64.2 Å². The van der Waals surface area contributed by atoms with Gasteiger partial charge in [0.25, 0.3) is 7.82 Å². The Morgan fingerprint density at radius 2 is 0.964 bits per heavy atom. The van der Waals surface area contributed by atoms with Crippen molar-refractivity contribution in [2.24, 2.45) is 0 Å². The molecule has 0 aliphatic heterocycles. The van der Waals surface area contributed by atoms with E-state index < -0.39 is 32.5 Å². The zero-order valence-electron chi connectivity index (χ0n) is 36.8. The summed E-state index contributed by atoms with van der Waals surface area (Å²) in [5.74, 6) is -0.860. The number of quaternary nitrogens is 1. The van der Waals surface area contributed by atoms with Crippen LogP contribution in [0.25, 0.3) is 0 Å². The van der Waals surface area contributed by atoms with Crippen LogP contribution in [0.4, 0.5) is 0 Å². The topological polar surface area (TPSA) is 111 Å². The molecule has 0 aromatic carbocycles. The maximum atomic E-state index is 12.7. The van der Waals surface area contributed by atoms with Crippen LogP contribution >= 0.6 is 7.82 Å². The van der Waals surface area contributed by atoms with Gasteiger partial charge in [-0.3, -0.25) is 14.2 Å². The summed E-state index contributed by atoms with van der Waals surface area (Å²) in [4.78, 5) is 37.5. The molecule has 1 unspecified atom stereocenters. The third-order valence-electron chi connectivity index (χ3n) is 9.63. The number of hydrogen-bond acceptors (Lipinski definition) is 8. The Kier molecular flexibility index (Phi) is 37.5. The largest absolute Gasteiger partial charge is 0.756 e. The fourth-order valence-electron chi connectivity index (χ4n) is 6.03. The molecule has 0 N–H and O–H groups in total. The van der Waals surface area contributed by atoms with E-state index in [2.05, 4.69) is 50.3 Å². The van der Waals surface area contributed by atoms with Crippen molar-refractivity contribution in [1.82, 2.24) is 0 Å². The first-order chi connectivity index (χ1) is 27.0. The van der Waals surface area contributed by atoms with E-state index >= 15 is 0 Å². The fourth-order valence-corrected chi connectivity index (χ4v) is 6.76. The van der Waals surface area contributed by atoms with Crippen LogP contribution in [0.5, 0.6) is 0 Å². The zero-order chi connectivity index (χ0) is 41.4. The van der Waals surface area contributed by atoms with Crippen LogP contribution in [0.3, 0.4) is 0 Å². The maximum Gasteiger partial charge on any atom is 0.306 e. The highest BCUT2D eigenvalue weighted by molar-refractivity contribution is 7.45. The molecule has 10 heteroatoms. The summed E-state index contributed by atoms with van der Waals surface area (Å²) in [5.41, 5.74) is 0. The van der Waals surface area contributed by atoms with Gasteiger partial charge in [-0.05, 0) is 70.6 Å². The standard InChI is InChI=1S/C46H86NO8P/c1-6-8-10-12-14-16-18-20-22-23-25-26-28-30-32-34-36-38-45(48)52-42-44(43-54-56(50,51)53-41-40-47(3,4)5)55-46(49)39-37-35-33-31-29-27-24-21-19-17-15-13-11-9-7-2/h14,16,20,22,27,29,44H,6-13,15,17-19,21,23-26,28,30-43H2,1-5H3/b16-14+,22-20+,29-27+/t44-/m1/s1. The summed E-state index contributed by atoms with van der Waals surface area (Å²) >= 11 is 0. The summed E-state index contributed by atoms with van der Waals surface area (Å²) in [7, 11) is 1.15. The highest BCUT2D eigenvalue weighted by Crippen LogP contribution is 2.38. The second-order valence-corrected chi connectivity index (χ2v) is 17.8.